The average molecular weight is 246 g/mol. The third-order valence-corrected chi connectivity index (χ3v) is 3.78. The second-order valence-corrected chi connectivity index (χ2v) is 5.10. The van der Waals surface area contributed by atoms with E-state index in [1.54, 1.807) is 4.68 Å². The first kappa shape index (κ1) is 11.2. The normalized spacial score (nSPS) is 30.8. The summed E-state index contributed by atoms with van der Waals surface area (Å²) < 4.78 is 1.63. The van der Waals surface area contributed by atoms with Crippen LogP contribution in [0.15, 0.2) is 6.20 Å². The van der Waals surface area contributed by atoms with Gasteiger partial charge in [-0.05, 0) is 13.8 Å². The number of anilines is 1. The lowest BCUT2D eigenvalue weighted by Gasteiger charge is -2.23. The fourth-order valence-electron chi connectivity index (χ4n) is 2.82. The standard InChI is InChI=1S/C11H14N6O/c1-7(2)16-6-11(4-8(16)12-3)10(18)14-9-5-13-15-17(9)11/h5,7-8H,4,6H2,1-2H3,(H,14,18). The van der Waals surface area contributed by atoms with Crippen LogP contribution in [0.1, 0.15) is 20.3 Å². The van der Waals surface area contributed by atoms with E-state index in [1.165, 1.54) is 6.20 Å². The van der Waals surface area contributed by atoms with E-state index in [9.17, 15) is 4.79 Å². The van der Waals surface area contributed by atoms with Gasteiger partial charge in [0.05, 0.1) is 12.6 Å². The molecular formula is C11H14N6O. The van der Waals surface area contributed by atoms with Crippen molar-refractivity contribution in [2.75, 3.05) is 11.9 Å². The van der Waals surface area contributed by atoms with Crippen molar-refractivity contribution in [3.8, 4) is 0 Å². The first-order valence-corrected chi connectivity index (χ1v) is 5.93. The van der Waals surface area contributed by atoms with E-state index in [-0.39, 0.29) is 18.1 Å². The molecule has 94 valence electrons. The molecule has 0 bridgehead atoms. The molecule has 7 nitrogen and oxygen atoms in total. The minimum Gasteiger partial charge on any atom is -0.307 e. The fraction of sp³-hybridized carbons (Fsp3) is 0.636. The number of carbonyl (C=O) groups is 1. The number of nitrogens with zero attached hydrogens (tertiary/aromatic N) is 5. The Hall–Kier alpha value is -1.94. The maximum Gasteiger partial charge on any atom is 0.282 e. The van der Waals surface area contributed by atoms with Gasteiger partial charge in [-0.2, -0.15) is 0 Å². The molecule has 3 rings (SSSR count). The highest BCUT2D eigenvalue weighted by molar-refractivity contribution is 6.00. The van der Waals surface area contributed by atoms with Gasteiger partial charge >= 0.3 is 0 Å². The van der Waals surface area contributed by atoms with Gasteiger partial charge in [-0.25, -0.2) is 16.2 Å². The number of hydrogen-bond donors (Lipinski definition) is 1. The summed E-state index contributed by atoms with van der Waals surface area (Å²) in [6.45, 7) is 11.9. The summed E-state index contributed by atoms with van der Waals surface area (Å²) >= 11 is 0. The number of rotatable bonds is 1. The topological polar surface area (TPSA) is 67.4 Å². The predicted octanol–water partition coefficient (Wildman–Crippen LogP) is 0.285. The van der Waals surface area contributed by atoms with Gasteiger partial charge in [0.2, 0.25) is 0 Å². The molecule has 1 N–H and O–H groups in total. The molecule has 3 heterocycles. The molecule has 1 aromatic rings. The molecule has 7 heteroatoms. The highest BCUT2D eigenvalue weighted by Crippen LogP contribution is 2.40. The van der Waals surface area contributed by atoms with Crippen molar-refractivity contribution >= 4 is 11.7 Å². The van der Waals surface area contributed by atoms with E-state index >= 15 is 0 Å². The summed E-state index contributed by atoms with van der Waals surface area (Å²) in [6, 6.07) is 0.226. The van der Waals surface area contributed by atoms with Gasteiger partial charge in [0.15, 0.2) is 11.4 Å². The molecule has 1 aromatic heterocycles. The van der Waals surface area contributed by atoms with Crippen LogP contribution in [0.2, 0.25) is 0 Å². The summed E-state index contributed by atoms with van der Waals surface area (Å²) in [5, 5.41) is 10.6. The van der Waals surface area contributed by atoms with Gasteiger partial charge in [-0.3, -0.25) is 9.64 Å². The number of fused-ring (bicyclic) bond motifs is 2. The fourth-order valence-corrected chi connectivity index (χ4v) is 2.82. The van der Waals surface area contributed by atoms with Crippen molar-refractivity contribution in [2.45, 2.75) is 38.0 Å². The lowest BCUT2D eigenvalue weighted by molar-refractivity contribution is -0.123. The van der Waals surface area contributed by atoms with Gasteiger partial charge in [-0.1, -0.05) is 5.21 Å². The van der Waals surface area contributed by atoms with Crippen molar-refractivity contribution in [2.24, 2.45) is 0 Å². The Kier molecular flexibility index (Phi) is 2.19. The Morgan fingerprint density at radius 3 is 3.06 bits per heavy atom. The van der Waals surface area contributed by atoms with E-state index in [2.05, 4.69) is 20.5 Å². The Morgan fingerprint density at radius 1 is 1.67 bits per heavy atom. The molecule has 18 heavy (non-hydrogen) atoms. The van der Waals surface area contributed by atoms with Crippen LogP contribution in [0.5, 0.6) is 0 Å². The summed E-state index contributed by atoms with van der Waals surface area (Å²) in [5.41, 5.74) is -0.759. The third kappa shape index (κ3) is 1.24. The predicted molar refractivity (Wildman–Crippen MR) is 63.5 cm³/mol. The van der Waals surface area contributed by atoms with Gasteiger partial charge < -0.3 is 5.32 Å². The molecule has 1 amide bonds. The van der Waals surface area contributed by atoms with E-state index in [0.717, 1.165) is 0 Å². The van der Waals surface area contributed by atoms with Gasteiger partial charge in [0, 0.05) is 12.6 Å². The minimum atomic E-state index is -0.759. The summed E-state index contributed by atoms with van der Waals surface area (Å²) in [5.74, 6) is 0.540. The van der Waals surface area contributed by atoms with Gasteiger partial charge in [0.25, 0.3) is 12.1 Å². The van der Waals surface area contributed by atoms with Gasteiger partial charge in [-0.15, -0.1) is 5.10 Å². The van der Waals surface area contributed by atoms with Crippen LogP contribution in [0, 0.1) is 6.57 Å². The van der Waals surface area contributed by atoms with E-state index < -0.39 is 5.54 Å². The second kappa shape index (κ2) is 3.53. The van der Waals surface area contributed by atoms with Crippen LogP contribution in [0.25, 0.3) is 4.85 Å². The van der Waals surface area contributed by atoms with Crippen LogP contribution < -0.4 is 5.32 Å². The molecule has 2 aliphatic rings. The Balaban J connectivity index is 2.04. The lowest BCUT2D eigenvalue weighted by Crippen LogP contribution is -2.43. The van der Waals surface area contributed by atoms with Crippen molar-refractivity contribution < 1.29 is 4.79 Å². The number of carbonyl (C=O) groups excluding carboxylic acids is 1. The SMILES string of the molecule is [C-]#[N+]C1CC2(CN1C(C)C)C(=O)Nc1cnnn12. The zero-order chi connectivity index (χ0) is 12.9. The van der Waals surface area contributed by atoms with Crippen molar-refractivity contribution in [3.63, 3.8) is 0 Å². The number of hydrogen-bond acceptors (Lipinski definition) is 4. The Bertz CT molecular complexity index is 544. The monoisotopic (exact) mass is 246 g/mol. The van der Waals surface area contributed by atoms with Crippen LogP contribution >= 0.6 is 0 Å². The number of nitrogens with one attached hydrogen (secondary N) is 1. The minimum absolute atomic E-state index is 0.0794. The molecule has 2 unspecified atom stereocenters. The van der Waals surface area contributed by atoms with E-state index in [1.807, 2.05) is 18.7 Å². The maximum absolute atomic E-state index is 12.2. The van der Waals surface area contributed by atoms with Crippen LogP contribution in [-0.2, 0) is 10.3 Å². The Labute approximate surface area is 105 Å². The van der Waals surface area contributed by atoms with Crippen LogP contribution in [0.3, 0.4) is 0 Å². The highest BCUT2D eigenvalue weighted by atomic mass is 16.2. The van der Waals surface area contributed by atoms with E-state index in [0.29, 0.717) is 18.8 Å². The molecule has 1 spiro atoms. The lowest BCUT2D eigenvalue weighted by atomic mass is 9.98. The quantitative estimate of drug-likeness (QED) is 0.723. The number of aromatic nitrogens is 3. The van der Waals surface area contributed by atoms with E-state index in [4.69, 9.17) is 6.57 Å². The smallest absolute Gasteiger partial charge is 0.282 e. The molecule has 0 aliphatic carbocycles. The summed E-state index contributed by atoms with van der Waals surface area (Å²) in [4.78, 5) is 17.9. The molecule has 0 saturated carbocycles. The highest BCUT2D eigenvalue weighted by Gasteiger charge is 2.58. The number of amides is 1. The van der Waals surface area contributed by atoms with Crippen LogP contribution in [-0.4, -0.2) is 44.6 Å². The van der Waals surface area contributed by atoms with Crippen molar-refractivity contribution in [3.05, 3.63) is 17.6 Å². The third-order valence-electron chi connectivity index (χ3n) is 3.78. The molecule has 2 aliphatic heterocycles. The molecule has 0 radical (unpaired) electrons. The Morgan fingerprint density at radius 2 is 2.44 bits per heavy atom. The molecule has 1 fully saturated rings. The summed E-state index contributed by atoms with van der Waals surface area (Å²) in [7, 11) is 0. The van der Waals surface area contributed by atoms with Gasteiger partial charge in [0.1, 0.15) is 0 Å². The van der Waals surface area contributed by atoms with Crippen molar-refractivity contribution in [1.29, 1.82) is 0 Å². The first-order chi connectivity index (χ1) is 8.58. The molecule has 1 saturated heterocycles. The molecule has 0 aromatic carbocycles. The van der Waals surface area contributed by atoms with Crippen LogP contribution in [0.4, 0.5) is 5.82 Å². The average Bonchev–Trinajstić information content (AvgIpc) is 2.97. The first-order valence-electron chi connectivity index (χ1n) is 5.93. The second-order valence-electron chi connectivity index (χ2n) is 5.10. The zero-order valence-electron chi connectivity index (χ0n) is 10.3. The zero-order valence-corrected chi connectivity index (χ0v) is 10.3. The number of likely N-dealkylation sites (tertiary alicyclic amines) is 1. The molecular weight excluding hydrogens is 232 g/mol. The molecule has 2 atom stereocenters. The maximum atomic E-state index is 12.2. The largest absolute Gasteiger partial charge is 0.307 e. The summed E-state index contributed by atoms with van der Waals surface area (Å²) in [6.07, 6.45) is 1.74. The van der Waals surface area contributed by atoms with Crippen molar-refractivity contribution in [1.82, 2.24) is 19.9 Å².